The molecule has 0 unspecified atom stereocenters. The fourth-order valence-corrected chi connectivity index (χ4v) is 2.68. The summed E-state index contributed by atoms with van der Waals surface area (Å²) in [6, 6.07) is 7.95. The summed E-state index contributed by atoms with van der Waals surface area (Å²) in [5.41, 5.74) is 4.90. The second-order valence-corrected chi connectivity index (χ2v) is 6.70. The molecule has 0 amide bonds. The molecule has 0 bridgehead atoms. The monoisotopic (exact) mass is 362 g/mol. The van der Waals surface area contributed by atoms with E-state index in [9.17, 15) is 13.2 Å². The predicted octanol–water partition coefficient (Wildman–Crippen LogP) is 5.83. The van der Waals surface area contributed by atoms with Crippen molar-refractivity contribution >= 4 is 12.0 Å². The topological polar surface area (TPSA) is 15.6 Å². The third-order valence-electron chi connectivity index (χ3n) is 4.60. The van der Waals surface area contributed by atoms with Crippen molar-refractivity contribution in [2.24, 2.45) is 4.99 Å². The first-order valence-electron chi connectivity index (χ1n) is 8.63. The third kappa shape index (κ3) is 4.87. The fourth-order valence-electron chi connectivity index (χ4n) is 2.68. The van der Waals surface area contributed by atoms with Crippen molar-refractivity contribution in [1.29, 1.82) is 0 Å². The molecule has 0 N–H and O–H groups in total. The van der Waals surface area contributed by atoms with E-state index >= 15 is 0 Å². The molecule has 0 aromatic heterocycles. The molecule has 0 atom stereocenters. The molecular weight excluding hydrogens is 337 g/mol. The number of aryl methyl sites for hydroxylation is 3. The maximum absolute atomic E-state index is 13.0. The van der Waals surface area contributed by atoms with Gasteiger partial charge in [-0.05, 0) is 80.1 Å². The zero-order valence-corrected chi connectivity index (χ0v) is 15.9. The Labute approximate surface area is 153 Å². The van der Waals surface area contributed by atoms with Crippen molar-refractivity contribution in [2.45, 2.75) is 40.3 Å². The minimum absolute atomic E-state index is 0.473. The Bertz CT molecular complexity index is 808. The highest BCUT2D eigenvalue weighted by molar-refractivity contribution is 5.64. The lowest BCUT2D eigenvalue weighted by Gasteiger charge is -2.14. The van der Waals surface area contributed by atoms with Gasteiger partial charge in [0.1, 0.15) is 0 Å². The molecule has 0 saturated heterocycles. The van der Waals surface area contributed by atoms with E-state index in [4.69, 9.17) is 0 Å². The molecule has 0 spiro atoms. The summed E-state index contributed by atoms with van der Waals surface area (Å²) in [4.78, 5) is 6.48. The molecule has 0 heterocycles. The van der Waals surface area contributed by atoms with E-state index in [0.717, 1.165) is 40.6 Å². The standard InChI is InChI=1S/C21H25F3N2/c1-6-26(5)13-25-20-10-15(3)17(9-16(20)4)11-18-12-19(21(22,23)24)8-7-14(18)2/h7-10,12-13H,6,11H2,1-5H3/b25-13-. The molecule has 0 aliphatic heterocycles. The Hall–Kier alpha value is -2.30. The number of nitrogens with zero attached hydrogens (tertiary/aromatic N) is 2. The van der Waals surface area contributed by atoms with Gasteiger partial charge >= 0.3 is 6.18 Å². The van der Waals surface area contributed by atoms with Gasteiger partial charge in [-0.25, -0.2) is 4.99 Å². The van der Waals surface area contributed by atoms with Crippen molar-refractivity contribution in [3.05, 3.63) is 63.7 Å². The Morgan fingerprint density at radius 1 is 0.962 bits per heavy atom. The fraction of sp³-hybridized carbons (Fsp3) is 0.381. The number of alkyl halides is 3. The van der Waals surface area contributed by atoms with Crippen LogP contribution in [0.4, 0.5) is 18.9 Å². The summed E-state index contributed by atoms with van der Waals surface area (Å²) >= 11 is 0. The Kier molecular flexibility index (Phi) is 6.11. The largest absolute Gasteiger partial charge is 0.416 e. The van der Waals surface area contributed by atoms with E-state index in [2.05, 4.69) is 4.99 Å². The summed E-state index contributed by atoms with van der Waals surface area (Å²) in [6.07, 6.45) is -2.06. The van der Waals surface area contributed by atoms with Crippen molar-refractivity contribution in [2.75, 3.05) is 13.6 Å². The Morgan fingerprint density at radius 3 is 2.23 bits per heavy atom. The zero-order valence-electron chi connectivity index (χ0n) is 15.9. The SMILES string of the molecule is CCN(C)/C=N\c1cc(C)c(Cc2cc(C(F)(F)F)ccc2C)cc1C. The van der Waals surface area contributed by atoms with Gasteiger partial charge in [0, 0.05) is 13.6 Å². The van der Waals surface area contributed by atoms with Gasteiger partial charge in [0.05, 0.1) is 17.6 Å². The highest BCUT2D eigenvalue weighted by atomic mass is 19.4. The van der Waals surface area contributed by atoms with Crippen LogP contribution < -0.4 is 0 Å². The minimum atomic E-state index is -4.32. The van der Waals surface area contributed by atoms with Gasteiger partial charge in [-0.3, -0.25) is 0 Å². The van der Waals surface area contributed by atoms with Crippen LogP contribution in [0, 0.1) is 20.8 Å². The number of hydrogen-bond acceptors (Lipinski definition) is 1. The number of hydrogen-bond donors (Lipinski definition) is 0. The van der Waals surface area contributed by atoms with Crippen LogP contribution in [-0.4, -0.2) is 24.8 Å². The van der Waals surface area contributed by atoms with E-state index in [1.54, 1.807) is 12.4 Å². The molecule has 140 valence electrons. The molecule has 2 nitrogen and oxygen atoms in total. The van der Waals surface area contributed by atoms with Crippen LogP contribution in [0.3, 0.4) is 0 Å². The molecule has 5 heteroatoms. The van der Waals surface area contributed by atoms with Crippen LogP contribution in [-0.2, 0) is 12.6 Å². The maximum Gasteiger partial charge on any atom is 0.416 e. The molecule has 2 rings (SSSR count). The quantitative estimate of drug-likeness (QED) is 0.482. The molecule has 0 aliphatic rings. The van der Waals surface area contributed by atoms with E-state index in [1.165, 1.54) is 6.07 Å². The second-order valence-electron chi connectivity index (χ2n) is 6.70. The lowest BCUT2D eigenvalue weighted by molar-refractivity contribution is -0.137. The Balaban J connectivity index is 2.34. The summed E-state index contributed by atoms with van der Waals surface area (Å²) in [6.45, 7) is 8.71. The van der Waals surface area contributed by atoms with Gasteiger partial charge in [-0.15, -0.1) is 0 Å². The first-order chi connectivity index (χ1) is 12.1. The van der Waals surface area contributed by atoms with Crippen LogP contribution in [0.25, 0.3) is 0 Å². The first-order valence-corrected chi connectivity index (χ1v) is 8.63. The highest BCUT2D eigenvalue weighted by Crippen LogP contribution is 2.32. The van der Waals surface area contributed by atoms with Gasteiger partial charge in [0.25, 0.3) is 0 Å². The van der Waals surface area contributed by atoms with Crippen LogP contribution in [0.15, 0.2) is 35.3 Å². The lowest BCUT2D eigenvalue weighted by atomic mass is 9.94. The molecular formula is C21H25F3N2. The van der Waals surface area contributed by atoms with E-state index in [-0.39, 0.29) is 0 Å². The summed E-state index contributed by atoms with van der Waals surface area (Å²) in [7, 11) is 1.95. The van der Waals surface area contributed by atoms with Crippen molar-refractivity contribution < 1.29 is 13.2 Å². The maximum atomic E-state index is 13.0. The predicted molar refractivity (Wildman–Crippen MR) is 101 cm³/mol. The average Bonchev–Trinajstić information content (AvgIpc) is 2.57. The third-order valence-corrected chi connectivity index (χ3v) is 4.60. The number of halogens is 3. The highest BCUT2D eigenvalue weighted by Gasteiger charge is 2.30. The first kappa shape index (κ1) is 20.0. The van der Waals surface area contributed by atoms with Gasteiger partial charge in [0.15, 0.2) is 0 Å². The lowest BCUT2D eigenvalue weighted by Crippen LogP contribution is -2.14. The second kappa shape index (κ2) is 7.94. The number of benzene rings is 2. The molecule has 0 aliphatic carbocycles. The van der Waals surface area contributed by atoms with E-state index in [0.29, 0.717) is 12.0 Å². The van der Waals surface area contributed by atoms with Crippen LogP contribution in [0.1, 0.15) is 40.3 Å². The van der Waals surface area contributed by atoms with Crippen LogP contribution in [0.5, 0.6) is 0 Å². The Morgan fingerprint density at radius 2 is 1.62 bits per heavy atom. The summed E-state index contributed by atoms with van der Waals surface area (Å²) in [5.74, 6) is 0. The van der Waals surface area contributed by atoms with Gasteiger partial charge in [-0.1, -0.05) is 12.1 Å². The van der Waals surface area contributed by atoms with Crippen molar-refractivity contribution in [3.8, 4) is 0 Å². The van der Waals surface area contributed by atoms with E-state index < -0.39 is 11.7 Å². The van der Waals surface area contributed by atoms with Gasteiger partial charge in [0.2, 0.25) is 0 Å². The van der Waals surface area contributed by atoms with Gasteiger partial charge in [-0.2, -0.15) is 13.2 Å². The minimum Gasteiger partial charge on any atom is -0.366 e. The normalized spacial score (nSPS) is 12.0. The molecule has 2 aromatic rings. The number of aliphatic imine (C=N–C) groups is 1. The van der Waals surface area contributed by atoms with Gasteiger partial charge < -0.3 is 4.90 Å². The number of rotatable bonds is 5. The summed E-state index contributed by atoms with van der Waals surface area (Å²) < 4.78 is 39.0. The zero-order chi connectivity index (χ0) is 19.5. The summed E-state index contributed by atoms with van der Waals surface area (Å²) in [5, 5.41) is 0. The molecule has 0 saturated carbocycles. The van der Waals surface area contributed by atoms with Crippen molar-refractivity contribution in [3.63, 3.8) is 0 Å². The molecule has 2 aromatic carbocycles. The molecule has 26 heavy (non-hydrogen) atoms. The average molecular weight is 362 g/mol. The van der Waals surface area contributed by atoms with Crippen LogP contribution in [0.2, 0.25) is 0 Å². The van der Waals surface area contributed by atoms with Crippen molar-refractivity contribution in [1.82, 2.24) is 4.90 Å². The molecule has 0 fully saturated rings. The van der Waals surface area contributed by atoms with E-state index in [1.807, 2.05) is 51.8 Å². The smallest absolute Gasteiger partial charge is 0.366 e. The van der Waals surface area contributed by atoms with Crippen LogP contribution >= 0.6 is 0 Å². The molecule has 0 radical (unpaired) electrons.